The van der Waals surface area contributed by atoms with E-state index in [1.54, 1.807) is 17.2 Å². The first-order chi connectivity index (χ1) is 15.7. The number of ether oxygens (including phenoxy) is 3. The molecule has 0 saturated heterocycles. The Kier molecular flexibility index (Phi) is 5.60. The smallest absolute Gasteiger partial charge is 0.273 e. The molecule has 0 spiro atoms. The number of benzene rings is 2. The largest absolute Gasteiger partial charge is 0.494 e. The predicted octanol–water partition coefficient (Wildman–Crippen LogP) is 4.46. The van der Waals surface area contributed by atoms with Crippen LogP contribution in [-0.2, 0) is 11.3 Å². The molecule has 2 aromatic heterocycles. The summed E-state index contributed by atoms with van der Waals surface area (Å²) >= 11 is 1.43. The number of carbonyl (C=O) groups is 1. The van der Waals surface area contributed by atoms with Crippen molar-refractivity contribution in [1.82, 2.24) is 9.97 Å². The van der Waals surface area contributed by atoms with Crippen molar-refractivity contribution < 1.29 is 19.0 Å². The average Bonchev–Trinajstić information content (AvgIpc) is 3.26. The molecule has 1 unspecified atom stereocenters. The van der Waals surface area contributed by atoms with Crippen molar-refractivity contribution in [3.05, 3.63) is 72.6 Å². The Morgan fingerprint density at radius 1 is 1.16 bits per heavy atom. The topological polar surface area (TPSA) is 73.8 Å². The first-order valence-corrected chi connectivity index (χ1v) is 11.2. The van der Waals surface area contributed by atoms with Gasteiger partial charge in [-0.15, -0.1) is 0 Å². The van der Waals surface area contributed by atoms with E-state index >= 15 is 0 Å². The van der Waals surface area contributed by atoms with Crippen LogP contribution in [0.1, 0.15) is 12.6 Å². The lowest BCUT2D eigenvalue weighted by Gasteiger charge is -2.29. The van der Waals surface area contributed by atoms with E-state index in [0.29, 0.717) is 23.2 Å². The molecule has 8 heteroatoms. The Labute approximate surface area is 189 Å². The molecule has 2 aromatic carbocycles. The van der Waals surface area contributed by atoms with Crippen LogP contribution in [0.15, 0.2) is 66.9 Å². The summed E-state index contributed by atoms with van der Waals surface area (Å²) in [5.74, 6) is 1.74. The number of fused-ring (bicyclic) bond motifs is 2. The zero-order chi connectivity index (χ0) is 21.9. The maximum Gasteiger partial charge on any atom is 0.273 e. The Morgan fingerprint density at radius 2 is 2.00 bits per heavy atom. The molecule has 1 aliphatic rings. The van der Waals surface area contributed by atoms with E-state index in [1.807, 2.05) is 61.5 Å². The molecular weight excluding hydrogens is 426 g/mol. The molecule has 0 aliphatic carbocycles. The number of carbonyl (C=O) groups excluding carboxylic acids is 1. The summed E-state index contributed by atoms with van der Waals surface area (Å²) < 4.78 is 18.3. The Hall–Kier alpha value is -3.65. The van der Waals surface area contributed by atoms with Crippen molar-refractivity contribution in [3.8, 4) is 17.2 Å². The molecule has 0 N–H and O–H groups in total. The molecule has 162 valence electrons. The molecule has 0 radical (unpaired) electrons. The Morgan fingerprint density at radius 3 is 2.81 bits per heavy atom. The highest BCUT2D eigenvalue weighted by Crippen LogP contribution is 2.35. The second-order valence-corrected chi connectivity index (χ2v) is 8.18. The standard InChI is InChI=1S/C24H21N3O4S/c1-2-29-17-10-11-18-22(13-17)32-24(26-18)27(14-16-7-5-6-12-25-16)23(28)21-15-30-19-8-3-4-9-20(19)31-21/h3-13,21H,2,14-15H2,1H3. The van der Waals surface area contributed by atoms with Crippen molar-refractivity contribution in [2.45, 2.75) is 19.6 Å². The molecule has 32 heavy (non-hydrogen) atoms. The molecule has 3 heterocycles. The van der Waals surface area contributed by atoms with Crippen molar-refractivity contribution in [2.24, 2.45) is 0 Å². The predicted molar refractivity (Wildman–Crippen MR) is 123 cm³/mol. The van der Waals surface area contributed by atoms with Crippen LogP contribution in [0.4, 0.5) is 5.13 Å². The van der Waals surface area contributed by atoms with E-state index < -0.39 is 6.10 Å². The minimum absolute atomic E-state index is 0.133. The van der Waals surface area contributed by atoms with Gasteiger partial charge < -0.3 is 14.2 Å². The maximum atomic E-state index is 13.6. The van der Waals surface area contributed by atoms with Gasteiger partial charge in [0.25, 0.3) is 5.91 Å². The third kappa shape index (κ3) is 4.09. The SMILES string of the molecule is CCOc1ccc2nc(N(Cc3ccccn3)C(=O)C3COc4ccccc4O3)sc2c1. The number of thiazole rings is 1. The lowest BCUT2D eigenvalue weighted by Crippen LogP contribution is -2.46. The van der Waals surface area contributed by atoms with Crippen LogP contribution in [0, 0.1) is 0 Å². The van der Waals surface area contributed by atoms with Gasteiger partial charge in [0.05, 0.1) is 29.1 Å². The van der Waals surface area contributed by atoms with Gasteiger partial charge in [-0.1, -0.05) is 29.5 Å². The lowest BCUT2D eigenvalue weighted by molar-refractivity contribution is -0.127. The summed E-state index contributed by atoms with van der Waals surface area (Å²) in [4.78, 5) is 24.3. The molecule has 0 bridgehead atoms. The van der Waals surface area contributed by atoms with E-state index in [0.717, 1.165) is 21.7 Å². The number of nitrogens with zero attached hydrogens (tertiary/aromatic N) is 3. The van der Waals surface area contributed by atoms with Gasteiger partial charge in [0.15, 0.2) is 16.6 Å². The molecule has 1 amide bonds. The van der Waals surface area contributed by atoms with E-state index in [1.165, 1.54) is 11.3 Å². The number of para-hydroxylation sites is 2. The molecule has 1 aliphatic heterocycles. The lowest BCUT2D eigenvalue weighted by atomic mass is 10.2. The van der Waals surface area contributed by atoms with Crippen LogP contribution in [0.5, 0.6) is 17.2 Å². The maximum absolute atomic E-state index is 13.6. The fourth-order valence-electron chi connectivity index (χ4n) is 3.47. The zero-order valence-electron chi connectivity index (χ0n) is 17.4. The van der Waals surface area contributed by atoms with E-state index in [9.17, 15) is 4.79 Å². The van der Waals surface area contributed by atoms with Gasteiger partial charge in [-0.25, -0.2) is 4.98 Å². The Bertz CT molecular complexity index is 1240. The van der Waals surface area contributed by atoms with Gasteiger partial charge in [0.1, 0.15) is 12.4 Å². The van der Waals surface area contributed by atoms with Crippen LogP contribution in [0.25, 0.3) is 10.2 Å². The van der Waals surface area contributed by atoms with Gasteiger partial charge in [0, 0.05) is 6.20 Å². The summed E-state index contributed by atoms with van der Waals surface area (Å²) in [5, 5.41) is 0.576. The van der Waals surface area contributed by atoms with E-state index in [2.05, 4.69) is 4.98 Å². The molecule has 0 fully saturated rings. The van der Waals surface area contributed by atoms with Gasteiger partial charge in [0.2, 0.25) is 6.10 Å². The normalized spacial score (nSPS) is 14.8. The van der Waals surface area contributed by atoms with Crippen LogP contribution < -0.4 is 19.1 Å². The summed E-state index contributed by atoms with van der Waals surface area (Å²) in [6.07, 6.45) is 0.931. The molecule has 5 rings (SSSR count). The van der Waals surface area contributed by atoms with Gasteiger partial charge in [-0.3, -0.25) is 14.7 Å². The third-order valence-electron chi connectivity index (χ3n) is 4.99. The van der Waals surface area contributed by atoms with E-state index in [4.69, 9.17) is 19.2 Å². The highest BCUT2D eigenvalue weighted by Gasteiger charge is 2.33. The van der Waals surface area contributed by atoms with Crippen molar-refractivity contribution in [2.75, 3.05) is 18.1 Å². The number of hydrogen-bond acceptors (Lipinski definition) is 7. The second-order valence-electron chi connectivity index (χ2n) is 7.17. The quantitative estimate of drug-likeness (QED) is 0.434. The highest BCUT2D eigenvalue weighted by molar-refractivity contribution is 7.22. The van der Waals surface area contributed by atoms with Crippen LogP contribution in [0.2, 0.25) is 0 Å². The molecule has 4 aromatic rings. The second kappa shape index (κ2) is 8.84. The fraction of sp³-hybridized carbons (Fsp3) is 0.208. The van der Waals surface area contributed by atoms with Crippen LogP contribution in [-0.4, -0.2) is 35.2 Å². The minimum atomic E-state index is -0.778. The number of aromatic nitrogens is 2. The number of rotatable bonds is 6. The summed E-state index contributed by atoms with van der Waals surface area (Å²) in [6, 6.07) is 18.7. The summed E-state index contributed by atoms with van der Waals surface area (Å²) in [5.41, 5.74) is 1.56. The van der Waals surface area contributed by atoms with Crippen LogP contribution in [0.3, 0.4) is 0 Å². The number of hydrogen-bond donors (Lipinski definition) is 0. The first-order valence-electron chi connectivity index (χ1n) is 10.3. The van der Waals surface area contributed by atoms with Crippen LogP contribution >= 0.6 is 11.3 Å². The van der Waals surface area contributed by atoms with Crippen molar-refractivity contribution in [1.29, 1.82) is 0 Å². The van der Waals surface area contributed by atoms with Gasteiger partial charge in [-0.05, 0) is 49.4 Å². The van der Waals surface area contributed by atoms with E-state index in [-0.39, 0.29) is 19.1 Å². The Balaban J connectivity index is 1.48. The summed E-state index contributed by atoms with van der Waals surface area (Å²) in [6.45, 7) is 2.94. The van der Waals surface area contributed by atoms with Gasteiger partial charge in [-0.2, -0.15) is 0 Å². The molecule has 0 saturated carbocycles. The number of pyridine rings is 1. The number of anilines is 1. The molecule has 1 atom stereocenters. The first kappa shape index (κ1) is 20.3. The van der Waals surface area contributed by atoms with Crippen molar-refractivity contribution in [3.63, 3.8) is 0 Å². The highest BCUT2D eigenvalue weighted by atomic mass is 32.1. The fourth-order valence-corrected chi connectivity index (χ4v) is 4.47. The van der Waals surface area contributed by atoms with Gasteiger partial charge >= 0.3 is 0 Å². The zero-order valence-corrected chi connectivity index (χ0v) is 18.2. The molecular formula is C24H21N3O4S. The number of amides is 1. The monoisotopic (exact) mass is 447 g/mol. The minimum Gasteiger partial charge on any atom is -0.494 e. The average molecular weight is 448 g/mol. The third-order valence-corrected chi connectivity index (χ3v) is 6.03. The van der Waals surface area contributed by atoms with Crippen molar-refractivity contribution >= 4 is 32.6 Å². The summed E-state index contributed by atoms with van der Waals surface area (Å²) in [7, 11) is 0. The molecule has 7 nitrogen and oxygen atoms in total.